The molecule has 1 N–H and O–H groups in total. The number of carbonyl (C=O) groups is 1. The first-order chi connectivity index (χ1) is 9.04. The van der Waals surface area contributed by atoms with Crippen molar-refractivity contribution in [3.8, 4) is 0 Å². The van der Waals surface area contributed by atoms with Gasteiger partial charge in [-0.25, -0.2) is 4.98 Å². The van der Waals surface area contributed by atoms with Crippen molar-refractivity contribution in [3.63, 3.8) is 0 Å². The number of aromatic nitrogens is 1. The second-order valence-corrected chi connectivity index (χ2v) is 4.51. The van der Waals surface area contributed by atoms with Crippen molar-refractivity contribution in [1.29, 1.82) is 0 Å². The molecule has 0 atom stereocenters. The van der Waals surface area contributed by atoms with E-state index in [1.807, 2.05) is 32.0 Å². The van der Waals surface area contributed by atoms with E-state index in [9.17, 15) is 9.18 Å². The van der Waals surface area contributed by atoms with Crippen LogP contribution in [0.5, 0.6) is 0 Å². The summed E-state index contributed by atoms with van der Waals surface area (Å²) < 4.78 is 12.6. The molecule has 1 heterocycles. The standard InChI is InChI=1S/C15H15FN2O/c1-10-3-4-12(7-11(10)2)8-15(19)18-13-5-6-14(16)17-9-13/h3-7,9H,8H2,1-2H3,(H,18,19). The number of aryl methyl sites for hydroxylation is 2. The van der Waals surface area contributed by atoms with Gasteiger partial charge >= 0.3 is 0 Å². The average Bonchev–Trinajstić information content (AvgIpc) is 2.37. The van der Waals surface area contributed by atoms with Crippen LogP contribution in [-0.4, -0.2) is 10.9 Å². The Balaban J connectivity index is 2.01. The van der Waals surface area contributed by atoms with Crippen molar-refractivity contribution in [2.24, 2.45) is 0 Å². The number of rotatable bonds is 3. The molecular weight excluding hydrogens is 243 g/mol. The van der Waals surface area contributed by atoms with Crippen LogP contribution >= 0.6 is 0 Å². The summed E-state index contributed by atoms with van der Waals surface area (Å²) in [5.41, 5.74) is 3.81. The Morgan fingerprint density at radius 3 is 2.63 bits per heavy atom. The molecule has 0 saturated heterocycles. The van der Waals surface area contributed by atoms with Crippen LogP contribution in [0.15, 0.2) is 36.5 Å². The molecule has 0 saturated carbocycles. The lowest BCUT2D eigenvalue weighted by molar-refractivity contribution is -0.115. The molecule has 4 heteroatoms. The number of hydrogen-bond acceptors (Lipinski definition) is 2. The van der Waals surface area contributed by atoms with Gasteiger partial charge < -0.3 is 5.32 Å². The molecule has 0 radical (unpaired) electrons. The topological polar surface area (TPSA) is 42.0 Å². The lowest BCUT2D eigenvalue weighted by Crippen LogP contribution is -2.14. The van der Waals surface area contributed by atoms with Crippen LogP contribution in [0.2, 0.25) is 0 Å². The van der Waals surface area contributed by atoms with Crippen molar-refractivity contribution in [1.82, 2.24) is 4.98 Å². The van der Waals surface area contributed by atoms with Gasteiger partial charge in [-0.2, -0.15) is 4.39 Å². The Morgan fingerprint density at radius 1 is 1.21 bits per heavy atom. The van der Waals surface area contributed by atoms with E-state index >= 15 is 0 Å². The van der Waals surface area contributed by atoms with Gasteiger partial charge in [0, 0.05) is 0 Å². The zero-order valence-corrected chi connectivity index (χ0v) is 10.9. The van der Waals surface area contributed by atoms with E-state index in [-0.39, 0.29) is 5.91 Å². The van der Waals surface area contributed by atoms with E-state index < -0.39 is 5.95 Å². The molecule has 0 aliphatic carbocycles. The van der Waals surface area contributed by atoms with Crippen molar-refractivity contribution in [2.45, 2.75) is 20.3 Å². The third-order valence-electron chi connectivity index (χ3n) is 2.95. The Morgan fingerprint density at radius 2 is 2.00 bits per heavy atom. The maximum absolute atomic E-state index is 12.6. The maximum atomic E-state index is 12.6. The Labute approximate surface area is 111 Å². The molecule has 0 aliphatic rings. The van der Waals surface area contributed by atoms with Crippen molar-refractivity contribution in [3.05, 3.63) is 59.2 Å². The number of amides is 1. The van der Waals surface area contributed by atoms with Crippen molar-refractivity contribution in [2.75, 3.05) is 5.32 Å². The first-order valence-electron chi connectivity index (χ1n) is 6.02. The molecule has 98 valence electrons. The second kappa shape index (κ2) is 5.61. The number of halogens is 1. The van der Waals surface area contributed by atoms with Crippen LogP contribution in [0.1, 0.15) is 16.7 Å². The number of nitrogens with one attached hydrogen (secondary N) is 1. The van der Waals surface area contributed by atoms with Crippen LogP contribution < -0.4 is 5.32 Å². The zero-order valence-electron chi connectivity index (χ0n) is 10.9. The first kappa shape index (κ1) is 13.2. The van der Waals surface area contributed by atoms with Gasteiger partial charge in [0.05, 0.1) is 18.3 Å². The summed E-state index contributed by atoms with van der Waals surface area (Å²) >= 11 is 0. The highest BCUT2D eigenvalue weighted by Gasteiger charge is 2.05. The monoisotopic (exact) mass is 258 g/mol. The molecule has 1 aromatic carbocycles. The number of hydrogen-bond donors (Lipinski definition) is 1. The molecule has 0 fully saturated rings. The minimum Gasteiger partial charge on any atom is -0.324 e. The Kier molecular flexibility index (Phi) is 3.90. The normalized spacial score (nSPS) is 10.3. The lowest BCUT2D eigenvalue weighted by Gasteiger charge is -2.06. The van der Waals surface area contributed by atoms with Gasteiger partial charge in [-0.15, -0.1) is 0 Å². The average molecular weight is 258 g/mol. The third-order valence-corrected chi connectivity index (χ3v) is 2.95. The largest absolute Gasteiger partial charge is 0.324 e. The fraction of sp³-hybridized carbons (Fsp3) is 0.200. The molecule has 0 unspecified atom stereocenters. The molecule has 1 aromatic heterocycles. The number of benzene rings is 1. The number of pyridine rings is 1. The third kappa shape index (κ3) is 3.61. The van der Waals surface area contributed by atoms with E-state index in [2.05, 4.69) is 10.3 Å². The molecule has 19 heavy (non-hydrogen) atoms. The highest BCUT2D eigenvalue weighted by Crippen LogP contribution is 2.11. The SMILES string of the molecule is Cc1ccc(CC(=O)Nc2ccc(F)nc2)cc1C. The fourth-order valence-corrected chi connectivity index (χ4v) is 1.75. The van der Waals surface area contributed by atoms with Crippen LogP contribution in [-0.2, 0) is 11.2 Å². The summed E-state index contributed by atoms with van der Waals surface area (Å²) in [5.74, 6) is -0.705. The molecule has 3 nitrogen and oxygen atoms in total. The van der Waals surface area contributed by atoms with Gasteiger partial charge in [-0.3, -0.25) is 4.79 Å². The Hall–Kier alpha value is -2.23. The molecule has 2 rings (SSSR count). The predicted molar refractivity (Wildman–Crippen MR) is 72.4 cm³/mol. The molecule has 0 bridgehead atoms. The van der Waals surface area contributed by atoms with Gasteiger partial charge in [0.2, 0.25) is 11.9 Å². The van der Waals surface area contributed by atoms with Crippen LogP contribution in [0.25, 0.3) is 0 Å². The van der Waals surface area contributed by atoms with E-state index in [0.29, 0.717) is 12.1 Å². The summed E-state index contributed by atoms with van der Waals surface area (Å²) in [6.07, 6.45) is 1.59. The molecule has 2 aromatic rings. The van der Waals surface area contributed by atoms with E-state index in [1.165, 1.54) is 23.9 Å². The molecular formula is C15H15FN2O. The number of anilines is 1. The van der Waals surface area contributed by atoms with Gasteiger partial charge in [0.1, 0.15) is 0 Å². The second-order valence-electron chi connectivity index (χ2n) is 4.51. The summed E-state index contributed by atoms with van der Waals surface area (Å²) in [6.45, 7) is 4.05. The summed E-state index contributed by atoms with van der Waals surface area (Å²) in [5, 5.41) is 2.68. The van der Waals surface area contributed by atoms with Gasteiger partial charge in [-0.05, 0) is 42.7 Å². The van der Waals surface area contributed by atoms with Crippen LogP contribution in [0.4, 0.5) is 10.1 Å². The van der Waals surface area contributed by atoms with Gasteiger partial charge in [0.15, 0.2) is 0 Å². The van der Waals surface area contributed by atoms with Crippen molar-refractivity contribution >= 4 is 11.6 Å². The molecule has 0 spiro atoms. The zero-order chi connectivity index (χ0) is 13.8. The van der Waals surface area contributed by atoms with E-state index in [4.69, 9.17) is 0 Å². The smallest absolute Gasteiger partial charge is 0.228 e. The molecule has 0 aliphatic heterocycles. The highest BCUT2D eigenvalue weighted by atomic mass is 19.1. The Bertz CT molecular complexity index is 594. The maximum Gasteiger partial charge on any atom is 0.228 e. The fourth-order valence-electron chi connectivity index (χ4n) is 1.75. The lowest BCUT2D eigenvalue weighted by atomic mass is 10.0. The van der Waals surface area contributed by atoms with E-state index in [1.54, 1.807) is 0 Å². The van der Waals surface area contributed by atoms with E-state index in [0.717, 1.165) is 11.1 Å². The first-order valence-corrected chi connectivity index (χ1v) is 6.02. The van der Waals surface area contributed by atoms with Crippen LogP contribution in [0.3, 0.4) is 0 Å². The van der Waals surface area contributed by atoms with Crippen LogP contribution in [0, 0.1) is 19.8 Å². The quantitative estimate of drug-likeness (QED) is 0.860. The highest BCUT2D eigenvalue weighted by molar-refractivity contribution is 5.92. The summed E-state index contributed by atoms with van der Waals surface area (Å²) in [7, 11) is 0. The van der Waals surface area contributed by atoms with Gasteiger partial charge in [-0.1, -0.05) is 18.2 Å². The van der Waals surface area contributed by atoms with Crippen molar-refractivity contribution < 1.29 is 9.18 Å². The minimum absolute atomic E-state index is 0.142. The summed E-state index contributed by atoms with van der Waals surface area (Å²) in [4.78, 5) is 15.3. The summed E-state index contributed by atoms with van der Waals surface area (Å²) in [6, 6.07) is 8.63. The predicted octanol–water partition coefficient (Wildman–Crippen LogP) is 3.02. The number of nitrogens with zero attached hydrogens (tertiary/aromatic N) is 1. The number of carbonyl (C=O) groups excluding carboxylic acids is 1. The minimum atomic E-state index is -0.563. The molecule has 1 amide bonds. The van der Waals surface area contributed by atoms with Gasteiger partial charge in [0.25, 0.3) is 0 Å².